The van der Waals surface area contributed by atoms with Gasteiger partial charge in [0.05, 0.1) is 5.39 Å². The molecule has 0 bridgehead atoms. The molecule has 1 amide bonds. The number of methoxy groups -OCH3 is 1. The van der Waals surface area contributed by atoms with Crippen molar-refractivity contribution in [2.45, 2.75) is 38.6 Å². The Morgan fingerprint density at radius 1 is 1.33 bits per heavy atom. The number of nitrogens with zero attached hydrogens (tertiary/aromatic N) is 1. The number of carbonyl (C=O) groups is 1. The number of thiophene rings is 1. The molecule has 8 heteroatoms. The van der Waals surface area contributed by atoms with Crippen LogP contribution in [0, 0.1) is 0 Å². The number of aromatic amines is 1. The third kappa shape index (κ3) is 3.29. The Balaban J connectivity index is 1.87. The number of aryl methyl sites for hydroxylation is 2. The molecule has 2 N–H and O–H groups in total. The van der Waals surface area contributed by atoms with Crippen molar-refractivity contribution in [2.24, 2.45) is 0 Å². The van der Waals surface area contributed by atoms with E-state index in [9.17, 15) is 14.4 Å². The molecular weight excluding hydrogens is 330 g/mol. The second kappa shape index (κ2) is 7.31. The van der Waals surface area contributed by atoms with Crippen molar-refractivity contribution < 1.29 is 9.53 Å². The maximum atomic E-state index is 12.7. The molecule has 2 aromatic rings. The Labute approximate surface area is 142 Å². The standard InChI is InChI=1S/C16H21N3O4S/c1-23-8-4-7-17-12(20)9-19-15(21)13-10-5-2-3-6-11(10)24-14(13)18-16(19)22/h2-9H2,1H3,(H,17,20)(H,18,22). The van der Waals surface area contributed by atoms with Gasteiger partial charge in [0.2, 0.25) is 5.91 Å². The molecule has 0 atom stereocenters. The normalized spacial score (nSPS) is 13.9. The van der Waals surface area contributed by atoms with Crippen molar-refractivity contribution in [1.29, 1.82) is 0 Å². The molecule has 0 fully saturated rings. The van der Waals surface area contributed by atoms with Gasteiger partial charge in [-0.15, -0.1) is 11.3 Å². The van der Waals surface area contributed by atoms with E-state index in [-0.39, 0.29) is 18.0 Å². The number of hydrogen-bond donors (Lipinski definition) is 2. The summed E-state index contributed by atoms with van der Waals surface area (Å²) < 4.78 is 5.91. The number of rotatable bonds is 6. The minimum absolute atomic E-state index is 0.262. The molecule has 1 aliphatic carbocycles. The molecule has 1 aliphatic rings. The molecule has 0 spiro atoms. The second-order valence-corrected chi connectivity index (χ2v) is 7.04. The highest BCUT2D eigenvalue weighted by Gasteiger charge is 2.21. The van der Waals surface area contributed by atoms with E-state index in [0.29, 0.717) is 29.8 Å². The lowest BCUT2D eigenvalue weighted by molar-refractivity contribution is -0.121. The van der Waals surface area contributed by atoms with E-state index in [1.807, 2.05) is 0 Å². The molecule has 2 heterocycles. The summed E-state index contributed by atoms with van der Waals surface area (Å²) in [6, 6.07) is 0. The first kappa shape index (κ1) is 16.9. The number of fused-ring (bicyclic) bond motifs is 3. The molecule has 0 saturated carbocycles. The van der Waals surface area contributed by atoms with Gasteiger partial charge < -0.3 is 10.1 Å². The summed E-state index contributed by atoms with van der Waals surface area (Å²) >= 11 is 1.49. The van der Waals surface area contributed by atoms with E-state index in [1.165, 1.54) is 16.2 Å². The molecular formula is C16H21N3O4S. The molecule has 0 saturated heterocycles. The zero-order valence-electron chi connectivity index (χ0n) is 13.6. The fourth-order valence-corrected chi connectivity index (χ4v) is 4.33. The molecule has 0 aromatic carbocycles. The summed E-state index contributed by atoms with van der Waals surface area (Å²) in [7, 11) is 1.59. The smallest absolute Gasteiger partial charge is 0.329 e. The summed E-state index contributed by atoms with van der Waals surface area (Å²) in [5.41, 5.74) is 0.162. The van der Waals surface area contributed by atoms with Gasteiger partial charge in [0.25, 0.3) is 5.56 Å². The molecule has 24 heavy (non-hydrogen) atoms. The van der Waals surface area contributed by atoms with Gasteiger partial charge in [-0.3, -0.25) is 19.1 Å². The Morgan fingerprint density at radius 2 is 2.12 bits per heavy atom. The van der Waals surface area contributed by atoms with E-state index in [0.717, 1.165) is 35.8 Å². The predicted molar refractivity (Wildman–Crippen MR) is 92.9 cm³/mol. The molecule has 0 radical (unpaired) electrons. The van der Waals surface area contributed by atoms with E-state index < -0.39 is 5.69 Å². The number of ether oxygens (including phenoxy) is 1. The summed E-state index contributed by atoms with van der Waals surface area (Å²) in [6.07, 6.45) is 4.67. The number of amides is 1. The van der Waals surface area contributed by atoms with Crippen LogP contribution in [0.3, 0.4) is 0 Å². The number of aromatic nitrogens is 2. The first-order chi connectivity index (χ1) is 11.6. The molecule has 7 nitrogen and oxygen atoms in total. The zero-order valence-corrected chi connectivity index (χ0v) is 14.5. The maximum Gasteiger partial charge on any atom is 0.329 e. The molecule has 2 aromatic heterocycles. The van der Waals surface area contributed by atoms with Crippen molar-refractivity contribution in [3.63, 3.8) is 0 Å². The van der Waals surface area contributed by atoms with Crippen molar-refractivity contribution in [1.82, 2.24) is 14.9 Å². The quantitative estimate of drug-likeness (QED) is 0.752. The highest BCUT2D eigenvalue weighted by molar-refractivity contribution is 7.18. The maximum absolute atomic E-state index is 12.7. The lowest BCUT2D eigenvalue weighted by Crippen LogP contribution is -2.40. The van der Waals surface area contributed by atoms with Gasteiger partial charge in [-0.2, -0.15) is 0 Å². The van der Waals surface area contributed by atoms with Crippen LogP contribution in [0.2, 0.25) is 0 Å². The van der Waals surface area contributed by atoms with Crippen molar-refractivity contribution >= 4 is 27.5 Å². The number of nitrogens with one attached hydrogen (secondary N) is 2. The van der Waals surface area contributed by atoms with Crippen LogP contribution in [-0.4, -0.2) is 35.7 Å². The van der Waals surface area contributed by atoms with Gasteiger partial charge in [0, 0.05) is 25.1 Å². The van der Waals surface area contributed by atoms with Crippen LogP contribution in [0.25, 0.3) is 10.2 Å². The van der Waals surface area contributed by atoms with Crippen LogP contribution in [0.1, 0.15) is 29.7 Å². The first-order valence-corrected chi connectivity index (χ1v) is 8.96. The first-order valence-electron chi connectivity index (χ1n) is 8.15. The van der Waals surface area contributed by atoms with Crippen LogP contribution < -0.4 is 16.6 Å². The van der Waals surface area contributed by atoms with E-state index >= 15 is 0 Å². The largest absolute Gasteiger partial charge is 0.385 e. The Morgan fingerprint density at radius 3 is 2.92 bits per heavy atom. The summed E-state index contributed by atoms with van der Waals surface area (Å²) in [4.78, 5) is 41.5. The Bertz CT molecular complexity index is 865. The number of hydrogen-bond acceptors (Lipinski definition) is 5. The highest BCUT2D eigenvalue weighted by atomic mass is 32.1. The predicted octanol–water partition coefficient (Wildman–Crippen LogP) is 0.783. The molecule has 0 aliphatic heterocycles. The highest BCUT2D eigenvalue weighted by Crippen LogP contribution is 2.32. The van der Waals surface area contributed by atoms with Gasteiger partial charge >= 0.3 is 5.69 Å². The van der Waals surface area contributed by atoms with E-state index in [1.54, 1.807) is 7.11 Å². The molecule has 0 unspecified atom stereocenters. The monoisotopic (exact) mass is 351 g/mol. The lowest BCUT2D eigenvalue weighted by Gasteiger charge is -2.10. The average Bonchev–Trinajstić information content (AvgIpc) is 2.93. The van der Waals surface area contributed by atoms with Crippen LogP contribution in [0.4, 0.5) is 0 Å². The van der Waals surface area contributed by atoms with Crippen molar-refractivity contribution in [3.8, 4) is 0 Å². The van der Waals surface area contributed by atoms with Crippen molar-refractivity contribution in [2.75, 3.05) is 20.3 Å². The average molecular weight is 351 g/mol. The van der Waals surface area contributed by atoms with Crippen molar-refractivity contribution in [3.05, 3.63) is 31.3 Å². The Kier molecular flexibility index (Phi) is 5.15. The number of H-pyrrole nitrogens is 1. The topological polar surface area (TPSA) is 93.2 Å². The van der Waals surface area contributed by atoms with Gasteiger partial charge in [-0.25, -0.2) is 4.79 Å². The SMILES string of the molecule is COCCCNC(=O)Cn1c(=O)[nH]c2sc3c(c2c1=O)CCCC3. The molecule has 130 valence electrons. The zero-order chi connectivity index (χ0) is 17.1. The van der Waals surface area contributed by atoms with Gasteiger partial charge in [-0.1, -0.05) is 0 Å². The van der Waals surface area contributed by atoms with Gasteiger partial charge in [-0.05, 0) is 37.7 Å². The van der Waals surface area contributed by atoms with Gasteiger partial charge in [0.1, 0.15) is 11.4 Å². The minimum atomic E-state index is -0.530. The van der Waals surface area contributed by atoms with Gasteiger partial charge in [0.15, 0.2) is 0 Å². The van der Waals surface area contributed by atoms with E-state index in [2.05, 4.69) is 10.3 Å². The van der Waals surface area contributed by atoms with Crippen LogP contribution in [0.5, 0.6) is 0 Å². The fourth-order valence-electron chi connectivity index (χ4n) is 3.06. The third-order valence-corrected chi connectivity index (χ3v) is 5.45. The summed E-state index contributed by atoms with van der Waals surface area (Å²) in [5.74, 6) is -0.345. The minimum Gasteiger partial charge on any atom is -0.385 e. The lowest BCUT2D eigenvalue weighted by atomic mass is 9.97. The van der Waals surface area contributed by atoms with Crippen LogP contribution in [-0.2, 0) is 28.9 Å². The molecule has 3 rings (SSSR count). The van der Waals surface area contributed by atoms with E-state index in [4.69, 9.17) is 4.74 Å². The second-order valence-electron chi connectivity index (χ2n) is 5.93. The summed E-state index contributed by atoms with van der Waals surface area (Å²) in [6.45, 7) is 0.741. The fraction of sp³-hybridized carbons (Fsp3) is 0.562. The third-order valence-electron chi connectivity index (χ3n) is 4.25. The van der Waals surface area contributed by atoms with Crippen LogP contribution >= 0.6 is 11.3 Å². The number of carbonyl (C=O) groups excluding carboxylic acids is 1. The summed E-state index contributed by atoms with van der Waals surface area (Å²) in [5, 5.41) is 3.28. The van der Waals surface area contributed by atoms with Crippen LogP contribution in [0.15, 0.2) is 9.59 Å². The Hall–Kier alpha value is -1.93.